The molecule has 3 heterocycles. The molecule has 5 nitrogen and oxygen atoms in total. The third kappa shape index (κ3) is 4.39. The van der Waals surface area contributed by atoms with Crippen molar-refractivity contribution in [3.8, 4) is 0 Å². The number of hydrogen-bond acceptors (Lipinski definition) is 5. The highest BCUT2D eigenvalue weighted by molar-refractivity contribution is 7.09. The maximum Gasteiger partial charge on any atom is 0.273 e. The monoisotopic (exact) mass is 345 g/mol. The normalized spacial score (nSPS) is 17.9. The fourth-order valence-corrected chi connectivity index (χ4v) is 3.72. The molecule has 1 aliphatic rings. The second-order valence-corrected chi connectivity index (χ2v) is 6.97. The summed E-state index contributed by atoms with van der Waals surface area (Å²) in [6, 6.07) is 5.81. The van der Waals surface area contributed by atoms with Gasteiger partial charge in [-0.15, -0.1) is 11.3 Å². The van der Waals surface area contributed by atoms with Crippen molar-refractivity contribution in [1.82, 2.24) is 14.9 Å². The summed E-state index contributed by atoms with van der Waals surface area (Å²) in [7, 11) is 0. The SMILES string of the molecule is CCCc1nc(C(=O)N2CCCC(OCc3ccccn3)C2)cs1. The van der Waals surface area contributed by atoms with Gasteiger partial charge in [-0.25, -0.2) is 4.98 Å². The van der Waals surface area contributed by atoms with E-state index < -0.39 is 0 Å². The molecule has 0 aromatic carbocycles. The van der Waals surface area contributed by atoms with E-state index in [9.17, 15) is 4.79 Å². The zero-order valence-electron chi connectivity index (χ0n) is 14.0. The van der Waals surface area contributed by atoms with Crippen LogP contribution in [-0.2, 0) is 17.8 Å². The molecule has 1 amide bonds. The molecule has 2 aromatic heterocycles. The van der Waals surface area contributed by atoms with Crippen molar-refractivity contribution in [2.24, 2.45) is 0 Å². The first-order valence-electron chi connectivity index (χ1n) is 8.51. The zero-order valence-corrected chi connectivity index (χ0v) is 14.8. The highest BCUT2D eigenvalue weighted by Gasteiger charge is 2.26. The number of piperidine rings is 1. The minimum absolute atomic E-state index is 0.0275. The molecule has 0 spiro atoms. The van der Waals surface area contributed by atoms with Crippen LogP contribution in [0.2, 0.25) is 0 Å². The van der Waals surface area contributed by atoms with Crippen molar-refractivity contribution < 1.29 is 9.53 Å². The summed E-state index contributed by atoms with van der Waals surface area (Å²) in [6.07, 6.45) is 5.77. The van der Waals surface area contributed by atoms with Crippen molar-refractivity contribution in [2.75, 3.05) is 13.1 Å². The first-order chi connectivity index (χ1) is 11.8. The molecule has 0 radical (unpaired) electrons. The predicted molar refractivity (Wildman–Crippen MR) is 94.1 cm³/mol. The number of hydrogen-bond donors (Lipinski definition) is 0. The Hall–Kier alpha value is -1.79. The minimum Gasteiger partial charge on any atom is -0.370 e. The van der Waals surface area contributed by atoms with Gasteiger partial charge in [-0.3, -0.25) is 9.78 Å². The van der Waals surface area contributed by atoms with Crippen LogP contribution >= 0.6 is 11.3 Å². The summed E-state index contributed by atoms with van der Waals surface area (Å²) in [5.74, 6) is 0.0275. The maximum absolute atomic E-state index is 12.6. The molecule has 2 aromatic rings. The number of likely N-dealkylation sites (tertiary alicyclic amines) is 1. The van der Waals surface area contributed by atoms with Crippen LogP contribution in [0.1, 0.15) is 47.4 Å². The van der Waals surface area contributed by atoms with Crippen LogP contribution in [0, 0.1) is 0 Å². The van der Waals surface area contributed by atoms with Crippen LogP contribution in [-0.4, -0.2) is 40.0 Å². The van der Waals surface area contributed by atoms with E-state index in [2.05, 4.69) is 16.9 Å². The number of aromatic nitrogens is 2. The van der Waals surface area contributed by atoms with E-state index in [0.717, 1.165) is 42.9 Å². The van der Waals surface area contributed by atoms with Gasteiger partial charge in [0, 0.05) is 24.7 Å². The van der Waals surface area contributed by atoms with Crippen LogP contribution in [0.25, 0.3) is 0 Å². The van der Waals surface area contributed by atoms with E-state index in [1.54, 1.807) is 17.5 Å². The Morgan fingerprint density at radius 1 is 1.46 bits per heavy atom. The van der Waals surface area contributed by atoms with Gasteiger partial charge < -0.3 is 9.64 Å². The molecule has 0 saturated carbocycles. The van der Waals surface area contributed by atoms with Gasteiger partial charge in [0.05, 0.1) is 23.4 Å². The Balaban J connectivity index is 1.55. The van der Waals surface area contributed by atoms with Crippen molar-refractivity contribution in [1.29, 1.82) is 0 Å². The van der Waals surface area contributed by atoms with E-state index in [0.29, 0.717) is 18.8 Å². The van der Waals surface area contributed by atoms with Crippen molar-refractivity contribution in [3.63, 3.8) is 0 Å². The molecule has 1 aliphatic heterocycles. The second-order valence-electron chi connectivity index (χ2n) is 6.02. The summed E-state index contributed by atoms with van der Waals surface area (Å²) in [4.78, 5) is 23.3. The molecule has 0 bridgehead atoms. The molecule has 6 heteroatoms. The summed E-state index contributed by atoms with van der Waals surface area (Å²) >= 11 is 1.58. The molecule has 1 saturated heterocycles. The highest BCUT2D eigenvalue weighted by atomic mass is 32.1. The number of pyridine rings is 1. The first kappa shape index (κ1) is 17.0. The van der Waals surface area contributed by atoms with Crippen LogP contribution in [0.15, 0.2) is 29.8 Å². The Labute approximate surface area is 146 Å². The maximum atomic E-state index is 12.6. The molecule has 1 unspecified atom stereocenters. The lowest BCUT2D eigenvalue weighted by atomic mass is 10.1. The lowest BCUT2D eigenvalue weighted by molar-refractivity contribution is -0.00799. The minimum atomic E-state index is 0.0275. The summed E-state index contributed by atoms with van der Waals surface area (Å²) in [5, 5.41) is 2.92. The summed E-state index contributed by atoms with van der Waals surface area (Å²) < 4.78 is 5.95. The van der Waals surface area contributed by atoms with Crippen molar-refractivity contribution in [2.45, 2.75) is 45.3 Å². The number of ether oxygens (including phenoxy) is 1. The van der Waals surface area contributed by atoms with Gasteiger partial charge in [-0.05, 0) is 37.8 Å². The third-order valence-corrected chi connectivity index (χ3v) is 5.00. The zero-order chi connectivity index (χ0) is 16.8. The van der Waals surface area contributed by atoms with Crippen LogP contribution in [0.3, 0.4) is 0 Å². The highest BCUT2D eigenvalue weighted by Crippen LogP contribution is 2.19. The van der Waals surface area contributed by atoms with Gasteiger partial charge in [0.2, 0.25) is 0 Å². The number of carbonyl (C=O) groups excluding carboxylic acids is 1. The number of nitrogens with zero attached hydrogens (tertiary/aromatic N) is 3. The van der Waals surface area contributed by atoms with Crippen LogP contribution in [0.5, 0.6) is 0 Å². The molecular weight excluding hydrogens is 322 g/mol. The van der Waals surface area contributed by atoms with E-state index in [1.165, 1.54) is 0 Å². The topological polar surface area (TPSA) is 55.3 Å². The average molecular weight is 345 g/mol. The molecule has 24 heavy (non-hydrogen) atoms. The Morgan fingerprint density at radius 2 is 2.38 bits per heavy atom. The van der Waals surface area contributed by atoms with Gasteiger partial charge in [0.15, 0.2) is 0 Å². The average Bonchev–Trinajstić information content (AvgIpc) is 3.09. The van der Waals surface area contributed by atoms with Gasteiger partial charge in [0.25, 0.3) is 5.91 Å². The van der Waals surface area contributed by atoms with E-state index in [1.807, 2.05) is 28.5 Å². The molecule has 0 aliphatic carbocycles. The smallest absolute Gasteiger partial charge is 0.273 e. The van der Waals surface area contributed by atoms with Gasteiger partial charge >= 0.3 is 0 Å². The third-order valence-electron chi connectivity index (χ3n) is 4.09. The lowest BCUT2D eigenvalue weighted by Crippen LogP contribution is -2.43. The second kappa shape index (κ2) is 8.35. The largest absolute Gasteiger partial charge is 0.370 e. The number of amides is 1. The van der Waals surface area contributed by atoms with Crippen molar-refractivity contribution >= 4 is 17.2 Å². The fourth-order valence-electron chi connectivity index (χ4n) is 2.85. The molecule has 3 rings (SSSR count). The Morgan fingerprint density at radius 3 is 3.17 bits per heavy atom. The number of rotatable bonds is 6. The van der Waals surface area contributed by atoms with Crippen LogP contribution in [0.4, 0.5) is 0 Å². The summed E-state index contributed by atoms with van der Waals surface area (Å²) in [5.41, 5.74) is 1.50. The number of carbonyl (C=O) groups is 1. The Kier molecular flexibility index (Phi) is 5.93. The lowest BCUT2D eigenvalue weighted by Gasteiger charge is -2.32. The van der Waals surface area contributed by atoms with E-state index in [4.69, 9.17) is 4.74 Å². The first-order valence-corrected chi connectivity index (χ1v) is 9.39. The number of thiazole rings is 1. The molecule has 128 valence electrons. The fraction of sp³-hybridized carbons (Fsp3) is 0.500. The van der Waals surface area contributed by atoms with Gasteiger partial charge in [-0.1, -0.05) is 13.0 Å². The van der Waals surface area contributed by atoms with Crippen LogP contribution < -0.4 is 0 Å². The Bertz CT molecular complexity index is 659. The van der Waals surface area contributed by atoms with E-state index >= 15 is 0 Å². The van der Waals surface area contributed by atoms with E-state index in [-0.39, 0.29) is 12.0 Å². The van der Waals surface area contributed by atoms with Gasteiger partial charge in [-0.2, -0.15) is 0 Å². The standard InChI is InChI=1S/C18H23N3O2S/c1-2-6-17-20-16(13-24-17)18(22)21-10-5-8-15(11-21)23-12-14-7-3-4-9-19-14/h3-4,7,9,13,15H,2,5-6,8,10-12H2,1H3. The quantitative estimate of drug-likeness (QED) is 0.806. The number of aryl methyl sites for hydroxylation is 1. The molecule has 0 N–H and O–H groups in total. The predicted octanol–water partition coefficient (Wildman–Crippen LogP) is 3.31. The molecule has 1 fully saturated rings. The summed E-state index contributed by atoms with van der Waals surface area (Å²) in [6.45, 7) is 4.02. The van der Waals surface area contributed by atoms with Crippen molar-refractivity contribution in [3.05, 3.63) is 46.2 Å². The van der Waals surface area contributed by atoms with Gasteiger partial charge in [0.1, 0.15) is 5.69 Å². The molecular formula is C18H23N3O2S. The molecule has 1 atom stereocenters.